The Morgan fingerprint density at radius 3 is 2.56 bits per heavy atom. The first-order valence-electron chi connectivity index (χ1n) is 4.05. The largest absolute Gasteiger partial charge is 0.155 e. The maximum atomic E-state index is 2.25. The van der Waals surface area contributed by atoms with Gasteiger partial charge >= 0.3 is 0 Å². The van der Waals surface area contributed by atoms with Crippen molar-refractivity contribution in [2.45, 2.75) is 43.3 Å². The van der Waals surface area contributed by atoms with Crippen molar-refractivity contribution in [1.29, 1.82) is 0 Å². The summed E-state index contributed by atoms with van der Waals surface area (Å²) in [5, 5.41) is 0. The van der Waals surface area contributed by atoms with Crippen molar-refractivity contribution in [3.63, 3.8) is 0 Å². The third kappa shape index (κ3) is 1.26. The van der Waals surface area contributed by atoms with E-state index < -0.39 is 0 Å². The van der Waals surface area contributed by atoms with Crippen LogP contribution in [0.2, 0.25) is 0 Å². The molecule has 0 aromatic carbocycles. The molecule has 2 rings (SSSR count). The highest BCUT2D eigenvalue weighted by molar-refractivity contribution is 8.00. The zero-order chi connectivity index (χ0) is 6.16. The molecule has 1 saturated carbocycles. The van der Waals surface area contributed by atoms with Gasteiger partial charge in [-0.3, -0.25) is 0 Å². The lowest BCUT2D eigenvalue weighted by Gasteiger charge is -2.07. The minimum Gasteiger partial charge on any atom is -0.155 e. The van der Waals surface area contributed by atoms with E-state index >= 15 is 0 Å². The van der Waals surface area contributed by atoms with Gasteiger partial charge in [-0.1, -0.05) is 12.8 Å². The fourth-order valence-electron chi connectivity index (χ4n) is 1.62. The lowest BCUT2D eigenvalue weighted by Crippen LogP contribution is -1.99. The standard InChI is InChI=1S/C8H14S/c1-2-4-8(5-6-8)9-7-3-1/h1-7H2. The summed E-state index contributed by atoms with van der Waals surface area (Å²) in [6.45, 7) is 0. The van der Waals surface area contributed by atoms with Crippen LogP contribution < -0.4 is 0 Å². The van der Waals surface area contributed by atoms with Crippen LogP contribution in [0.5, 0.6) is 0 Å². The normalized spacial score (nSPS) is 32.0. The van der Waals surface area contributed by atoms with E-state index in [9.17, 15) is 0 Å². The average Bonchev–Trinajstić information content (AvgIpc) is 2.64. The van der Waals surface area contributed by atoms with Gasteiger partial charge in [0.1, 0.15) is 0 Å². The Bertz CT molecular complexity index is 95.1. The van der Waals surface area contributed by atoms with Gasteiger partial charge in [-0.05, 0) is 31.4 Å². The molecule has 0 nitrogen and oxygen atoms in total. The van der Waals surface area contributed by atoms with Crippen LogP contribution in [0.4, 0.5) is 0 Å². The lowest BCUT2D eigenvalue weighted by molar-refractivity contribution is 0.666. The zero-order valence-corrected chi connectivity index (χ0v) is 6.67. The van der Waals surface area contributed by atoms with E-state index in [0.717, 1.165) is 4.75 Å². The van der Waals surface area contributed by atoms with E-state index in [1.54, 1.807) is 0 Å². The molecule has 52 valence electrons. The molecule has 9 heavy (non-hydrogen) atoms. The van der Waals surface area contributed by atoms with E-state index in [1.165, 1.54) is 44.3 Å². The molecule has 0 atom stereocenters. The summed E-state index contributed by atoms with van der Waals surface area (Å²) in [6.07, 6.45) is 9.06. The van der Waals surface area contributed by atoms with Crippen molar-refractivity contribution < 1.29 is 0 Å². The van der Waals surface area contributed by atoms with Crippen molar-refractivity contribution in [2.75, 3.05) is 5.75 Å². The molecule has 0 unspecified atom stereocenters. The van der Waals surface area contributed by atoms with Crippen LogP contribution in [0.3, 0.4) is 0 Å². The predicted octanol–water partition coefficient (Wildman–Crippen LogP) is 2.83. The Labute approximate surface area is 61.4 Å². The molecular weight excluding hydrogens is 128 g/mol. The number of thioether (sulfide) groups is 1. The minimum absolute atomic E-state index is 0.830. The molecule has 0 N–H and O–H groups in total. The Morgan fingerprint density at radius 2 is 1.78 bits per heavy atom. The summed E-state index contributed by atoms with van der Waals surface area (Å²) in [4.78, 5) is 0. The molecule has 0 aromatic rings. The Balaban J connectivity index is 1.92. The summed E-state index contributed by atoms with van der Waals surface area (Å²) in [5.41, 5.74) is 0. The number of hydrogen-bond acceptors (Lipinski definition) is 1. The van der Waals surface area contributed by atoms with Crippen LogP contribution >= 0.6 is 11.8 Å². The van der Waals surface area contributed by atoms with Gasteiger partial charge in [-0.15, -0.1) is 0 Å². The summed E-state index contributed by atoms with van der Waals surface area (Å²) in [5.74, 6) is 1.44. The molecule has 0 aromatic heterocycles. The molecule has 2 fully saturated rings. The van der Waals surface area contributed by atoms with Gasteiger partial charge in [0, 0.05) is 4.75 Å². The summed E-state index contributed by atoms with van der Waals surface area (Å²) < 4.78 is 0.830. The molecule has 0 radical (unpaired) electrons. The van der Waals surface area contributed by atoms with Gasteiger partial charge in [-0.25, -0.2) is 0 Å². The molecule has 1 heteroatoms. The van der Waals surface area contributed by atoms with Gasteiger partial charge < -0.3 is 0 Å². The van der Waals surface area contributed by atoms with Crippen LogP contribution in [-0.2, 0) is 0 Å². The maximum absolute atomic E-state index is 2.25. The van der Waals surface area contributed by atoms with Crippen molar-refractivity contribution in [1.82, 2.24) is 0 Å². The second-order valence-corrected chi connectivity index (χ2v) is 4.91. The topological polar surface area (TPSA) is 0 Å². The molecule has 1 saturated heterocycles. The second-order valence-electron chi connectivity index (χ2n) is 3.34. The molecule has 1 heterocycles. The fraction of sp³-hybridized carbons (Fsp3) is 1.00. The van der Waals surface area contributed by atoms with Gasteiger partial charge in [-0.2, -0.15) is 11.8 Å². The third-order valence-corrected chi connectivity index (χ3v) is 4.21. The van der Waals surface area contributed by atoms with Gasteiger partial charge in [0.05, 0.1) is 0 Å². The van der Waals surface area contributed by atoms with E-state index in [-0.39, 0.29) is 0 Å². The first kappa shape index (κ1) is 6.09. The Morgan fingerprint density at radius 1 is 0.889 bits per heavy atom. The van der Waals surface area contributed by atoms with Gasteiger partial charge in [0.2, 0.25) is 0 Å². The highest BCUT2D eigenvalue weighted by Gasteiger charge is 2.42. The zero-order valence-electron chi connectivity index (χ0n) is 5.86. The molecule has 1 spiro atoms. The van der Waals surface area contributed by atoms with Crippen LogP contribution in [-0.4, -0.2) is 10.5 Å². The number of hydrogen-bond donors (Lipinski definition) is 0. The second kappa shape index (κ2) is 2.19. The van der Waals surface area contributed by atoms with E-state index in [4.69, 9.17) is 0 Å². The molecule has 0 amide bonds. The molecule has 1 aliphatic heterocycles. The summed E-state index contributed by atoms with van der Waals surface area (Å²) >= 11 is 2.25. The smallest absolute Gasteiger partial charge is 0.0161 e. The monoisotopic (exact) mass is 142 g/mol. The third-order valence-electron chi connectivity index (χ3n) is 2.49. The van der Waals surface area contributed by atoms with E-state index in [2.05, 4.69) is 11.8 Å². The summed E-state index contributed by atoms with van der Waals surface area (Å²) in [7, 11) is 0. The Hall–Kier alpha value is 0.350. The first-order valence-corrected chi connectivity index (χ1v) is 5.04. The minimum atomic E-state index is 0.830. The van der Waals surface area contributed by atoms with Gasteiger partial charge in [0.15, 0.2) is 0 Å². The predicted molar refractivity (Wildman–Crippen MR) is 42.9 cm³/mol. The van der Waals surface area contributed by atoms with Crippen molar-refractivity contribution in [3.8, 4) is 0 Å². The van der Waals surface area contributed by atoms with E-state index in [1.807, 2.05) is 0 Å². The van der Waals surface area contributed by atoms with Crippen LogP contribution in [0.1, 0.15) is 38.5 Å². The number of rotatable bonds is 0. The molecular formula is C8H14S. The highest BCUT2D eigenvalue weighted by atomic mass is 32.2. The van der Waals surface area contributed by atoms with Crippen molar-refractivity contribution >= 4 is 11.8 Å². The average molecular weight is 142 g/mol. The van der Waals surface area contributed by atoms with E-state index in [0.29, 0.717) is 0 Å². The van der Waals surface area contributed by atoms with Crippen LogP contribution in [0.25, 0.3) is 0 Å². The lowest BCUT2D eigenvalue weighted by atomic mass is 10.1. The van der Waals surface area contributed by atoms with Crippen LogP contribution in [0, 0.1) is 0 Å². The Kier molecular flexibility index (Phi) is 1.48. The molecule has 0 bridgehead atoms. The SMILES string of the molecule is C1CCSC2(CC1)CC2. The van der Waals surface area contributed by atoms with Gasteiger partial charge in [0.25, 0.3) is 0 Å². The first-order chi connectivity index (χ1) is 4.41. The maximum Gasteiger partial charge on any atom is 0.0161 e. The summed E-state index contributed by atoms with van der Waals surface area (Å²) in [6, 6.07) is 0. The quantitative estimate of drug-likeness (QED) is 0.501. The van der Waals surface area contributed by atoms with Crippen LogP contribution in [0.15, 0.2) is 0 Å². The molecule has 1 aliphatic carbocycles. The molecule has 2 aliphatic rings. The fourth-order valence-corrected chi connectivity index (χ4v) is 3.08. The van der Waals surface area contributed by atoms with Crippen molar-refractivity contribution in [3.05, 3.63) is 0 Å². The van der Waals surface area contributed by atoms with Crippen molar-refractivity contribution in [2.24, 2.45) is 0 Å². The highest BCUT2D eigenvalue weighted by Crippen LogP contribution is 2.53.